The van der Waals surface area contributed by atoms with Gasteiger partial charge in [-0.2, -0.15) is 0 Å². The van der Waals surface area contributed by atoms with Crippen molar-refractivity contribution >= 4 is 16.9 Å². The van der Waals surface area contributed by atoms with Crippen LogP contribution in [0.1, 0.15) is 34.8 Å². The highest BCUT2D eigenvalue weighted by Crippen LogP contribution is 2.51. The van der Waals surface area contributed by atoms with Gasteiger partial charge in [0.15, 0.2) is 11.6 Å². The van der Waals surface area contributed by atoms with Gasteiger partial charge in [0.2, 0.25) is 0 Å². The van der Waals surface area contributed by atoms with Crippen LogP contribution in [0.15, 0.2) is 48.5 Å². The number of halogens is 2. The maximum atomic E-state index is 14.7. The molecule has 0 saturated heterocycles. The minimum absolute atomic E-state index is 0.0110. The zero-order valence-electron chi connectivity index (χ0n) is 20.4. The van der Waals surface area contributed by atoms with Crippen molar-refractivity contribution in [2.75, 3.05) is 21.3 Å². The lowest BCUT2D eigenvalue weighted by atomic mass is 9.77. The van der Waals surface area contributed by atoms with Gasteiger partial charge in [0.05, 0.1) is 31.2 Å². The zero-order chi connectivity index (χ0) is 26.4. The molecule has 1 aliphatic rings. The molecular formula is C28H25F2NO6. The average Bonchev–Trinajstić information content (AvgIpc) is 3.17. The van der Waals surface area contributed by atoms with Crippen LogP contribution < -0.4 is 9.47 Å². The molecule has 0 radical (unpaired) electrons. The van der Waals surface area contributed by atoms with Crippen molar-refractivity contribution in [2.24, 2.45) is 0 Å². The number of phenolic OH excluding ortho intramolecular Hbond substituents is 1. The molecule has 2 unspecified atom stereocenters. The Morgan fingerprint density at radius 3 is 2.35 bits per heavy atom. The fourth-order valence-corrected chi connectivity index (χ4v) is 5.18. The highest BCUT2D eigenvalue weighted by atomic mass is 19.1. The molecule has 5 rings (SSSR count). The van der Waals surface area contributed by atoms with Gasteiger partial charge in [-0.3, -0.25) is 0 Å². The van der Waals surface area contributed by atoms with Gasteiger partial charge in [-0.25, -0.2) is 13.6 Å². The average molecular weight is 510 g/mol. The molecule has 0 aliphatic heterocycles. The Balaban J connectivity index is 1.92. The summed E-state index contributed by atoms with van der Waals surface area (Å²) in [7, 11) is 4.35. The predicted octanol–water partition coefficient (Wildman–Crippen LogP) is 5.89. The summed E-state index contributed by atoms with van der Waals surface area (Å²) in [4.78, 5) is 11.7. The molecule has 1 heterocycles. The van der Waals surface area contributed by atoms with Crippen LogP contribution in [0.5, 0.6) is 17.2 Å². The van der Waals surface area contributed by atoms with Crippen LogP contribution in [-0.4, -0.2) is 48.2 Å². The number of ether oxygens (including phenoxy) is 3. The molecule has 1 fully saturated rings. The summed E-state index contributed by atoms with van der Waals surface area (Å²) < 4.78 is 47.0. The number of hydrogen-bond acceptors (Lipinski definition) is 5. The molecule has 0 bridgehead atoms. The first-order valence-electron chi connectivity index (χ1n) is 11.6. The first-order valence-corrected chi connectivity index (χ1v) is 11.6. The molecule has 9 heteroatoms. The summed E-state index contributed by atoms with van der Waals surface area (Å²) in [6.07, 6.45) is 1.42. The van der Waals surface area contributed by atoms with Crippen LogP contribution in [-0.2, 0) is 4.74 Å². The van der Waals surface area contributed by atoms with Crippen molar-refractivity contribution in [1.29, 1.82) is 0 Å². The third-order valence-electron chi connectivity index (χ3n) is 7.03. The quantitative estimate of drug-likeness (QED) is 0.323. The van der Waals surface area contributed by atoms with Crippen LogP contribution in [0.2, 0.25) is 0 Å². The summed E-state index contributed by atoms with van der Waals surface area (Å²) in [5, 5.41) is 20.9. The topological polar surface area (TPSA) is 90.2 Å². The Labute approximate surface area is 211 Å². The molecule has 1 aromatic heterocycles. The number of nitrogens with zero attached hydrogens (tertiary/aromatic N) is 1. The van der Waals surface area contributed by atoms with Crippen molar-refractivity contribution < 1.29 is 38.0 Å². The monoisotopic (exact) mass is 509 g/mol. The number of phenols is 1. The van der Waals surface area contributed by atoms with Crippen LogP contribution in [0.3, 0.4) is 0 Å². The predicted molar refractivity (Wildman–Crippen MR) is 133 cm³/mol. The van der Waals surface area contributed by atoms with Crippen molar-refractivity contribution in [3.05, 3.63) is 71.4 Å². The minimum atomic E-state index is -1.15. The van der Waals surface area contributed by atoms with E-state index in [1.807, 2.05) is 0 Å². The summed E-state index contributed by atoms with van der Waals surface area (Å²) in [6, 6.07) is 11.3. The fourth-order valence-electron chi connectivity index (χ4n) is 5.18. The third-order valence-corrected chi connectivity index (χ3v) is 7.03. The van der Waals surface area contributed by atoms with Crippen LogP contribution >= 0.6 is 0 Å². The Morgan fingerprint density at radius 2 is 1.73 bits per heavy atom. The van der Waals surface area contributed by atoms with E-state index in [0.29, 0.717) is 33.4 Å². The van der Waals surface area contributed by atoms with E-state index in [1.54, 1.807) is 29.9 Å². The van der Waals surface area contributed by atoms with Gasteiger partial charge < -0.3 is 29.0 Å². The molecule has 0 spiro atoms. The second kappa shape index (κ2) is 9.40. The van der Waals surface area contributed by atoms with Gasteiger partial charge >= 0.3 is 5.97 Å². The van der Waals surface area contributed by atoms with Crippen LogP contribution in [0.25, 0.3) is 27.7 Å². The number of carboxylic acid groups (broad SMARTS) is 1. The maximum absolute atomic E-state index is 14.7. The summed E-state index contributed by atoms with van der Waals surface area (Å²) in [6.45, 7) is 0. The van der Waals surface area contributed by atoms with E-state index < -0.39 is 17.6 Å². The molecule has 2 atom stereocenters. The second-order valence-corrected chi connectivity index (χ2v) is 8.91. The second-order valence-electron chi connectivity index (χ2n) is 8.91. The molecule has 192 valence electrons. The van der Waals surface area contributed by atoms with Crippen molar-refractivity contribution in [3.63, 3.8) is 0 Å². The van der Waals surface area contributed by atoms with Gasteiger partial charge in [-0.05, 0) is 48.7 Å². The number of aromatic carboxylic acids is 1. The Kier molecular flexibility index (Phi) is 6.25. The number of methoxy groups -OCH3 is 3. The van der Waals surface area contributed by atoms with Gasteiger partial charge in [-0.15, -0.1) is 0 Å². The van der Waals surface area contributed by atoms with Gasteiger partial charge in [0.25, 0.3) is 0 Å². The smallest absolute Gasteiger partial charge is 0.339 e. The number of hydrogen-bond donors (Lipinski definition) is 2. The summed E-state index contributed by atoms with van der Waals surface area (Å²) >= 11 is 0. The van der Waals surface area contributed by atoms with Crippen molar-refractivity contribution in [3.8, 4) is 34.1 Å². The first kappa shape index (κ1) is 24.6. The standard InChI is InChI=1S/C28H25F2NO6/c1-35-22-9-7-17(22)27-25(14-4-6-18(28(33)34)23(10-14)36-2)26-20(11-15(29)12-21(26)32)31(27)16-5-8-19(30)24(13-16)37-3/h4-6,8,10-13,17,22,32H,7,9H2,1-3H3,(H,33,34). The van der Waals surface area contributed by atoms with E-state index in [1.165, 1.54) is 38.5 Å². The summed E-state index contributed by atoms with van der Waals surface area (Å²) in [5.74, 6) is -2.62. The van der Waals surface area contributed by atoms with Crippen molar-refractivity contribution in [1.82, 2.24) is 4.57 Å². The molecule has 1 saturated carbocycles. The Bertz CT molecular complexity index is 1530. The largest absolute Gasteiger partial charge is 0.507 e. The molecule has 1 aliphatic carbocycles. The van der Waals surface area contributed by atoms with Crippen molar-refractivity contribution in [2.45, 2.75) is 24.9 Å². The third kappa shape index (κ3) is 3.95. The molecule has 4 aromatic rings. The first-order chi connectivity index (χ1) is 17.8. The molecule has 2 N–H and O–H groups in total. The molecule has 7 nitrogen and oxygen atoms in total. The minimum Gasteiger partial charge on any atom is -0.507 e. The molecule has 37 heavy (non-hydrogen) atoms. The lowest BCUT2D eigenvalue weighted by molar-refractivity contribution is 0.0166. The fraction of sp³-hybridized carbons (Fsp3) is 0.250. The number of rotatable bonds is 7. The van der Waals surface area contributed by atoms with E-state index in [4.69, 9.17) is 14.2 Å². The van der Waals surface area contributed by atoms with E-state index in [0.717, 1.165) is 18.9 Å². The Hall–Kier alpha value is -4.11. The zero-order valence-corrected chi connectivity index (χ0v) is 20.4. The van der Waals surface area contributed by atoms with Gasteiger partial charge in [0, 0.05) is 42.1 Å². The number of fused-ring (bicyclic) bond motifs is 1. The number of carboxylic acids is 1. The van der Waals surface area contributed by atoms with Crippen LogP contribution in [0, 0.1) is 11.6 Å². The van der Waals surface area contributed by atoms with Gasteiger partial charge in [0.1, 0.15) is 22.9 Å². The molecular weight excluding hydrogens is 484 g/mol. The lowest BCUT2D eigenvalue weighted by Crippen LogP contribution is -2.32. The van der Waals surface area contributed by atoms with E-state index in [9.17, 15) is 23.8 Å². The SMILES string of the molecule is COc1cc(-n2c(C3CCC3OC)c(-c3ccc(C(=O)O)c(OC)c3)c3c(O)cc(F)cc32)ccc1F. The highest BCUT2D eigenvalue weighted by Gasteiger charge is 2.39. The van der Waals surface area contributed by atoms with Crippen LogP contribution in [0.4, 0.5) is 8.78 Å². The van der Waals surface area contributed by atoms with E-state index in [2.05, 4.69) is 0 Å². The number of carbonyl (C=O) groups is 1. The summed E-state index contributed by atoms with van der Waals surface area (Å²) in [5.41, 5.74) is 2.71. The maximum Gasteiger partial charge on any atom is 0.339 e. The van der Waals surface area contributed by atoms with Gasteiger partial charge in [-0.1, -0.05) is 6.07 Å². The van der Waals surface area contributed by atoms with E-state index in [-0.39, 0.29) is 34.8 Å². The highest BCUT2D eigenvalue weighted by molar-refractivity contribution is 6.04. The molecule has 3 aromatic carbocycles. The number of benzene rings is 3. The molecule has 0 amide bonds. The lowest BCUT2D eigenvalue weighted by Gasteiger charge is -2.37. The normalized spacial score (nSPS) is 17.0. The number of aromatic nitrogens is 1. The Morgan fingerprint density at radius 1 is 0.973 bits per heavy atom. The number of aromatic hydroxyl groups is 1. The van der Waals surface area contributed by atoms with E-state index >= 15 is 0 Å².